The van der Waals surface area contributed by atoms with Crippen LogP contribution in [0.4, 0.5) is 0 Å². The smallest absolute Gasteiger partial charge is 0.137 e. The molecule has 1 aromatic carbocycles. The first-order valence-corrected chi connectivity index (χ1v) is 5.08. The van der Waals surface area contributed by atoms with Crippen LogP contribution in [-0.4, -0.2) is 5.11 Å². The lowest BCUT2D eigenvalue weighted by Gasteiger charge is -2.21. The van der Waals surface area contributed by atoms with E-state index in [9.17, 15) is 5.11 Å². The van der Waals surface area contributed by atoms with E-state index < -0.39 is 0 Å². The molecule has 0 aliphatic carbocycles. The minimum Gasteiger partial charge on any atom is -0.506 e. The lowest BCUT2D eigenvalue weighted by molar-refractivity contribution is 0.445. The molecule has 0 amide bonds. The van der Waals surface area contributed by atoms with Gasteiger partial charge in [-0.1, -0.05) is 36.7 Å². The van der Waals surface area contributed by atoms with Crippen molar-refractivity contribution in [3.63, 3.8) is 0 Å². The second kappa shape index (κ2) is 3.62. The number of phenolic OH excluding ortho intramolecular Hbond substituents is 1. The van der Waals surface area contributed by atoms with Crippen LogP contribution in [0.3, 0.4) is 0 Å². The van der Waals surface area contributed by atoms with Crippen molar-refractivity contribution in [1.29, 1.82) is 5.26 Å². The zero-order chi connectivity index (χ0) is 10.9. The van der Waals surface area contributed by atoms with E-state index in [-0.39, 0.29) is 11.2 Å². The van der Waals surface area contributed by atoms with Gasteiger partial charge in [0.15, 0.2) is 0 Å². The van der Waals surface area contributed by atoms with Gasteiger partial charge < -0.3 is 5.11 Å². The van der Waals surface area contributed by atoms with Crippen molar-refractivity contribution < 1.29 is 5.11 Å². The van der Waals surface area contributed by atoms with Crippen LogP contribution in [0.15, 0.2) is 16.6 Å². The second-order valence-corrected chi connectivity index (χ2v) is 5.13. The zero-order valence-electron chi connectivity index (χ0n) is 8.43. The summed E-state index contributed by atoms with van der Waals surface area (Å²) in [6.07, 6.45) is 0. The number of rotatable bonds is 0. The van der Waals surface area contributed by atoms with E-state index in [4.69, 9.17) is 5.26 Å². The summed E-state index contributed by atoms with van der Waals surface area (Å²) in [5, 5.41) is 18.6. The van der Waals surface area contributed by atoms with Gasteiger partial charge in [0.25, 0.3) is 0 Å². The van der Waals surface area contributed by atoms with Crippen LogP contribution in [0.1, 0.15) is 31.9 Å². The molecule has 1 aromatic rings. The summed E-state index contributed by atoms with van der Waals surface area (Å²) in [6.45, 7) is 5.99. The highest BCUT2D eigenvalue weighted by atomic mass is 79.9. The van der Waals surface area contributed by atoms with Crippen LogP contribution in [0, 0.1) is 11.3 Å². The molecule has 0 heterocycles. The lowest BCUT2D eigenvalue weighted by atomic mass is 9.85. The summed E-state index contributed by atoms with van der Waals surface area (Å²) in [6, 6.07) is 5.43. The molecule has 0 unspecified atom stereocenters. The highest BCUT2D eigenvalue weighted by Gasteiger charge is 2.20. The van der Waals surface area contributed by atoms with Crippen molar-refractivity contribution in [2.45, 2.75) is 26.2 Å². The van der Waals surface area contributed by atoms with Gasteiger partial charge in [0, 0.05) is 10.0 Å². The molecule has 14 heavy (non-hydrogen) atoms. The molecule has 0 spiro atoms. The first-order valence-electron chi connectivity index (χ1n) is 4.29. The molecule has 0 saturated heterocycles. The summed E-state index contributed by atoms with van der Waals surface area (Å²) < 4.78 is 0.816. The van der Waals surface area contributed by atoms with Crippen LogP contribution in [-0.2, 0) is 5.41 Å². The summed E-state index contributed by atoms with van der Waals surface area (Å²) in [5.41, 5.74) is 0.923. The standard InChI is InChI=1S/C11H12BrNO/c1-11(2,3)9-5-8(12)4-7(6-13)10(9)14/h4-5,14H,1-3H3. The summed E-state index contributed by atoms with van der Waals surface area (Å²) in [7, 11) is 0. The molecular formula is C11H12BrNO. The number of hydrogen-bond donors (Lipinski definition) is 1. The third-order valence-electron chi connectivity index (χ3n) is 2.00. The van der Waals surface area contributed by atoms with Gasteiger partial charge in [0.2, 0.25) is 0 Å². The molecule has 74 valence electrons. The summed E-state index contributed by atoms with van der Waals surface area (Å²) in [4.78, 5) is 0. The topological polar surface area (TPSA) is 44.0 Å². The molecule has 0 radical (unpaired) electrons. The van der Waals surface area contributed by atoms with E-state index in [1.807, 2.05) is 32.9 Å². The van der Waals surface area contributed by atoms with Gasteiger partial charge in [-0.15, -0.1) is 0 Å². The molecule has 0 bridgehead atoms. The SMILES string of the molecule is CC(C)(C)c1cc(Br)cc(C#N)c1O. The van der Waals surface area contributed by atoms with Crippen LogP contribution in [0.5, 0.6) is 5.75 Å². The van der Waals surface area contributed by atoms with Gasteiger partial charge >= 0.3 is 0 Å². The summed E-state index contributed by atoms with van der Waals surface area (Å²) in [5.74, 6) is 0.0863. The fraction of sp³-hybridized carbons (Fsp3) is 0.364. The highest BCUT2D eigenvalue weighted by Crippen LogP contribution is 2.35. The lowest BCUT2D eigenvalue weighted by Crippen LogP contribution is -2.11. The quantitative estimate of drug-likeness (QED) is 0.771. The van der Waals surface area contributed by atoms with Crippen LogP contribution < -0.4 is 0 Å². The number of nitrogens with zero attached hydrogens (tertiary/aromatic N) is 1. The maximum absolute atomic E-state index is 9.81. The van der Waals surface area contributed by atoms with Crippen LogP contribution in [0.2, 0.25) is 0 Å². The number of aromatic hydroxyl groups is 1. The number of nitriles is 1. The Morgan fingerprint density at radius 3 is 2.36 bits per heavy atom. The van der Waals surface area contributed by atoms with Crippen LogP contribution in [0.25, 0.3) is 0 Å². The van der Waals surface area contributed by atoms with Crippen molar-refractivity contribution in [2.75, 3.05) is 0 Å². The monoisotopic (exact) mass is 253 g/mol. The Morgan fingerprint density at radius 1 is 1.36 bits per heavy atom. The Kier molecular flexibility index (Phi) is 2.86. The van der Waals surface area contributed by atoms with E-state index in [1.165, 1.54) is 0 Å². The molecule has 3 heteroatoms. The fourth-order valence-corrected chi connectivity index (χ4v) is 1.71. The Morgan fingerprint density at radius 2 is 1.93 bits per heavy atom. The minimum absolute atomic E-state index is 0.0863. The van der Waals surface area contributed by atoms with Crippen molar-refractivity contribution >= 4 is 15.9 Å². The normalized spacial score (nSPS) is 11.1. The van der Waals surface area contributed by atoms with E-state index in [0.29, 0.717) is 5.56 Å². The zero-order valence-corrected chi connectivity index (χ0v) is 10.0. The van der Waals surface area contributed by atoms with E-state index in [1.54, 1.807) is 6.07 Å². The largest absolute Gasteiger partial charge is 0.506 e. The molecule has 0 fully saturated rings. The minimum atomic E-state index is -0.167. The average molecular weight is 254 g/mol. The van der Waals surface area contributed by atoms with Gasteiger partial charge in [-0.3, -0.25) is 0 Å². The van der Waals surface area contributed by atoms with Gasteiger partial charge in [0.05, 0.1) is 5.56 Å². The van der Waals surface area contributed by atoms with Gasteiger partial charge in [-0.25, -0.2) is 0 Å². The van der Waals surface area contributed by atoms with Crippen molar-refractivity contribution in [3.05, 3.63) is 27.7 Å². The Hall–Kier alpha value is -1.01. The number of hydrogen-bond acceptors (Lipinski definition) is 2. The molecule has 0 aliphatic rings. The van der Waals surface area contributed by atoms with Crippen molar-refractivity contribution in [3.8, 4) is 11.8 Å². The number of benzene rings is 1. The fourth-order valence-electron chi connectivity index (χ4n) is 1.26. The Labute approximate surface area is 92.3 Å². The predicted octanol–water partition coefficient (Wildman–Crippen LogP) is 3.32. The number of halogens is 1. The van der Waals surface area contributed by atoms with Gasteiger partial charge in [0.1, 0.15) is 11.8 Å². The molecule has 1 N–H and O–H groups in total. The molecule has 0 aliphatic heterocycles. The molecule has 2 nitrogen and oxygen atoms in total. The molecule has 0 atom stereocenters. The Bertz CT molecular complexity index is 399. The Balaban J connectivity index is 3.47. The third-order valence-corrected chi connectivity index (χ3v) is 2.46. The van der Waals surface area contributed by atoms with Gasteiger partial charge in [-0.2, -0.15) is 5.26 Å². The maximum atomic E-state index is 9.81. The van der Waals surface area contributed by atoms with E-state index in [2.05, 4.69) is 15.9 Å². The highest BCUT2D eigenvalue weighted by molar-refractivity contribution is 9.10. The number of phenols is 1. The average Bonchev–Trinajstić information content (AvgIpc) is 2.06. The second-order valence-electron chi connectivity index (χ2n) is 4.21. The molecule has 1 rings (SSSR count). The molecule has 0 aromatic heterocycles. The first kappa shape index (κ1) is 11.1. The molecule has 0 saturated carbocycles. The molecular weight excluding hydrogens is 242 g/mol. The van der Waals surface area contributed by atoms with Crippen LogP contribution >= 0.6 is 15.9 Å². The van der Waals surface area contributed by atoms with Gasteiger partial charge in [-0.05, 0) is 17.5 Å². The maximum Gasteiger partial charge on any atom is 0.137 e. The van der Waals surface area contributed by atoms with Crippen molar-refractivity contribution in [1.82, 2.24) is 0 Å². The first-order chi connectivity index (χ1) is 6.36. The van der Waals surface area contributed by atoms with Crippen molar-refractivity contribution in [2.24, 2.45) is 0 Å². The van der Waals surface area contributed by atoms with E-state index in [0.717, 1.165) is 10.0 Å². The van der Waals surface area contributed by atoms with E-state index >= 15 is 0 Å². The predicted molar refractivity (Wildman–Crippen MR) is 59.2 cm³/mol. The third kappa shape index (κ3) is 2.08. The summed E-state index contributed by atoms with van der Waals surface area (Å²) >= 11 is 3.32.